The van der Waals surface area contributed by atoms with Crippen molar-refractivity contribution >= 4 is 40.1 Å². The maximum Gasteiger partial charge on any atom is 0.433 e. The Morgan fingerprint density at radius 1 is 0.931 bits per heavy atom. The number of hydrogen-bond acceptors (Lipinski definition) is 11. The van der Waals surface area contributed by atoms with Crippen molar-refractivity contribution in [2.75, 3.05) is 65.1 Å². The van der Waals surface area contributed by atoms with Crippen molar-refractivity contribution < 1.29 is 51.3 Å². The number of methoxy groups -OCH3 is 1. The van der Waals surface area contributed by atoms with Gasteiger partial charge in [-0.25, -0.2) is 4.98 Å². The summed E-state index contributed by atoms with van der Waals surface area (Å²) in [7, 11) is 1.43. The number of carbonyl (C=O) groups excluding carboxylic acids is 4. The van der Waals surface area contributed by atoms with Gasteiger partial charge in [-0.15, -0.1) is 0 Å². The van der Waals surface area contributed by atoms with E-state index in [1.54, 1.807) is 24.3 Å². The number of ketones is 1. The van der Waals surface area contributed by atoms with Gasteiger partial charge in [-0.1, -0.05) is 18.2 Å². The summed E-state index contributed by atoms with van der Waals surface area (Å²) in [4.78, 5) is 58.3. The van der Waals surface area contributed by atoms with Crippen LogP contribution in [-0.4, -0.2) is 114 Å². The molecule has 1 saturated heterocycles. The average Bonchev–Trinajstić information content (AvgIpc) is 3.73. The lowest BCUT2D eigenvalue weighted by atomic mass is 9.89. The van der Waals surface area contributed by atoms with Crippen LogP contribution in [0, 0.1) is 0 Å². The van der Waals surface area contributed by atoms with Crippen LogP contribution in [0.25, 0.3) is 10.9 Å². The van der Waals surface area contributed by atoms with Gasteiger partial charge in [0.05, 0.1) is 68.0 Å². The Balaban J connectivity index is 0.793. The van der Waals surface area contributed by atoms with Crippen LogP contribution in [0.3, 0.4) is 0 Å². The molecule has 3 aliphatic rings. The van der Waals surface area contributed by atoms with Gasteiger partial charge in [-0.2, -0.15) is 18.3 Å². The number of fused-ring (bicyclic) bond motifs is 2. The Morgan fingerprint density at radius 2 is 1.67 bits per heavy atom. The van der Waals surface area contributed by atoms with Crippen LogP contribution in [0.1, 0.15) is 75.0 Å². The van der Waals surface area contributed by atoms with Gasteiger partial charge in [0.15, 0.2) is 5.78 Å². The van der Waals surface area contributed by atoms with Crippen molar-refractivity contribution in [2.45, 2.75) is 50.4 Å². The molecule has 2 aliphatic heterocycles. The minimum atomic E-state index is -4.68. The lowest BCUT2D eigenvalue weighted by Crippen LogP contribution is -2.46. The van der Waals surface area contributed by atoms with Gasteiger partial charge in [0.25, 0.3) is 17.7 Å². The number of Topliss-reactive ketones (excluding diaryl/α,β-unsaturated/α-hetero) is 1. The Labute approximate surface area is 331 Å². The van der Waals surface area contributed by atoms with E-state index in [1.165, 1.54) is 19.2 Å². The predicted molar refractivity (Wildman–Crippen MR) is 204 cm³/mol. The third kappa shape index (κ3) is 9.06. The molecule has 1 saturated carbocycles. The van der Waals surface area contributed by atoms with Gasteiger partial charge in [-0.3, -0.25) is 28.8 Å². The second-order valence-corrected chi connectivity index (χ2v) is 14.4. The third-order valence-electron chi connectivity index (χ3n) is 10.5. The number of alkyl halides is 3. The number of hydrogen-bond donors (Lipinski definition) is 1. The molecule has 14 nitrogen and oxygen atoms in total. The first-order valence-corrected chi connectivity index (χ1v) is 19.0. The zero-order valence-electron chi connectivity index (χ0n) is 31.9. The van der Waals surface area contributed by atoms with E-state index in [0.29, 0.717) is 56.3 Å². The summed E-state index contributed by atoms with van der Waals surface area (Å²) in [5.74, 6) is -1.16. The summed E-state index contributed by atoms with van der Waals surface area (Å²) >= 11 is 0. The molecule has 7 rings (SSSR count). The zero-order chi connectivity index (χ0) is 41.0. The monoisotopic (exact) mass is 804 g/mol. The molecule has 0 spiro atoms. The Hall–Kier alpha value is -5.65. The summed E-state index contributed by atoms with van der Waals surface area (Å²) in [6.07, 6.45) is 0.117. The number of allylic oxidation sites excluding steroid dienone is 1. The third-order valence-corrected chi connectivity index (χ3v) is 10.5. The Kier molecular flexibility index (Phi) is 12.2. The number of pyridine rings is 1. The van der Waals surface area contributed by atoms with Crippen LogP contribution in [0.15, 0.2) is 66.9 Å². The summed E-state index contributed by atoms with van der Waals surface area (Å²) < 4.78 is 63.9. The Morgan fingerprint density at radius 3 is 2.41 bits per heavy atom. The van der Waals surface area contributed by atoms with Crippen molar-refractivity contribution in [2.24, 2.45) is 0 Å². The average molecular weight is 805 g/mol. The smallest absolute Gasteiger partial charge is 0.433 e. The van der Waals surface area contributed by atoms with Crippen LogP contribution in [0.4, 0.5) is 18.9 Å². The second kappa shape index (κ2) is 17.5. The van der Waals surface area contributed by atoms with Crippen LogP contribution in [-0.2, 0) is 20.4 Å². The van der Waals surface area contributed by atoms with Crippen molar-refractivity contribution in [1.82, 2.24) is 24.6 Å². The first kappa shape index (κ1) is 40.5. The van der Waals surface area contributed by atoms with E-state index in [2.05, 4.69) is 21.8 Å². The van der Waals surface area contributed by atoms with Crippen LogP contribution < -0.4 is 14.8 Å². The summed E-state index contributed by atoms with van der Waals surface area (Å²) in [5.41, 5.74) is 0.729. The molecule has 2 fully saturated rings. The first-order valence-electron chi connectivity index (χ1n) is 19.0. The highest BCUT2D eigenvalue weighted by Crippen LogP contribution is 2.34. The molecular formula is C41H43F3N6O8. The number of aromatic nitrogens is 3. The fourth-order valence-corrected chi connectivity index (χ4v) is 7.41. The highest BCUT2D eigenvalue weighted by Gasteiger charge is 2.44. The predicted octanol–water partition coefficient (Wildman–Crippen LogP) is 5.73. The quantitative estimate of drug-likeness (QED) is 0.0890. The molecule has 0 radical (unpaired) electrons. The molecule has 1 aliphatic carbocycles. The van der Waals surface area contributed by atoms with E-state index in [-0.39, 0.29) is 47.4 Å². The van der Waals surface area contributed by atoms with Gasteiger partial charge in [0.2, 0.25) is 0 Å². The molecule has 4 aromatic rings. The van der Waals surface area contributed by atoms with Gasteiger partial charge in [0.1, 0.15) is 29.5 Å². The summed E-state index contributed by atoms with van der Waals surface area (Å²) in [6, 6.07) is 10.6. The number of amides is 3. The molecule has 3 amide bonds. The lowest BCUT2D eigenvalue weighted by Gasteiger charge is -2.31. The number of carbonyl (C=O) groups is 4. The number of nitrogens with one attached hydrogen (secondary N) is 1. The van der Waals surface area contributed by atoms with E-state index in [0.717, 1.165) is 60.5 Å². The topological polar surface area (TPSA) is 154 Å². The molecule has 17 heteroatoms. The molecule has 2 aromatic heterocycles. The standard InChI is InChI=1S/C41H43F3N6O8/c1-25-6-9-34(35(51)20-25)50-39(53)29-8-7-28(22-30(29)40(50)54)58-19-18-57-17-16-56-15-14-48-12-10-27(11-13-48)49-24-26-21-33(36(55-2)23-32(26)47-49)46-38(52)31-4-3-5-37(45-31)41(42,43)44/h3-5,7-8,21-24,27,34H,1,6,9-20H2,2H3,(H,46,52). The fourth-order valence-electron chi connectivity index (χ4n) is 7.41. The first-order chi connectivity index (χ1) is 27.9. The SMILES string of the molecule is C=C1CCC(N2C(=O)c3ccc(OCCOCCOCCN4CCC(n5cc6cc(NC(=O)c7cccc(C(F)(F)F)n7)c(OC)cc6n5)CC4)cc3C2=O)C(=O)C1. The minimum Gasteiger partial charge on any atom is -0.494 e. The number of halogens is 3. The van der Waals surface area contributed by atoms with Gasteiger partial charge in [-0.05, 0) is 62.1 Å². The van der Waals surface area contributed by atoms with Gasteiger partial charge in [0, 0.05) is 43.7 Å². The number of ether oxygens (including phenoxy) is 4. The molecule has 2 aromatic carbocycles. The van der Waals surface area contributed by atoms with Crippen LogP contribution >= 0.6 is 0 Å². The van der Waals surface area contributed by atoms with Crippen molar-refractivity contribution in [3.05, 3.63) is 89.4 Å². The largest absolute Gasteiger partial charge is 0.494 e. The normalized spacial score (nSPS) is 17.9. The maximum absolute atomic E-state index is 13.1. The molecule has 58 heavy (non-hydrogen) atoms. The van der Waals surface area contributed by atoms with Crippen LogP contribution in [0.2, 0.25) is 0 Å². The highest BCUT2D eigenvalue weighted by molar-refractivity contribution is 6.23. The minimum absolute atomic E-state index is 0.154. The molecule has 1 N–H and O–H groups in total. The number of piperidine rings is 1. The summed E-state index contributed by atoms with van der Waals surface area (Å²) in [6.45, 7) is 8.19. The maximum atomic E-state index is 13.1. The van der Waals surface area contributed by atoms with E-state index >= 15 is 0 Å². The van der Waals surface area contributed by atoms with Crippen molar-refractivity contribution in [3.63, 3.8) is 0 Å². The summed E-state index contributed by atoms with van der Waals surface area (Å²) in [5, 5.41) is 8.10. The number of nitrogens with zero attached hydrogens (tertiary/aromatic N) is 5. The lowest BCUT2D eigenvalue weighted by molar-refractivity contribution is -0.141. The fraction of sp³-hybridized carbons (Fsp3) is 0.415. The molecular weight excluding hydrogens is 761 g/mol. The number of imide groups is 1. The van der Waals surface area contributed by atoms with E-state index < -0.39 is 35.6 Å². The Bertz CT molecular complexity index is 2220. The highest BCUT2D eigenvalue weighted by atomic mass is 19.4. The number of likely N-dealkylation sites (tertiary alicyclic amines) is 1. The van der Waals surface area contributed by atoms with E-state index in [9.17, 15) is 32.3 Å². The molecule has 1 atom stereocenters. The van der Waals surface area contributed by atoms with Gasteiger partial charge < -0.3 is 29.2 Å². The van der Waals surface area contributed by atoms with Crippen molar-refractivity contribution in [1.29, 1.82) is 0 Å². The molecule has 4 heterocycles. The number of rotatable bonds is 15. The van der Waals surface area contributed by atoms with E-state index in [1.807, 2.05) is 10.9 Å². The van der Waals surface area contributed by atoms with Crippen molar-refractivity contribution in [3.8, 4) is 11.5 Å². The second-order valence-electron chi connectivity index (χ2n) is 14.4. The number of benzene rings is 2. The van der Waals surface area contributed by atoms with E-state index in [4.69, 9.17) is 24.0 Å². The molecule has 0 bridgehead atoms. The molecule has 306 valence electrons. The van der Waals surface area contributed by atoms with Crippen LogP contribution in [0.5, 0.6) is 11.5 Å². The zero-order valence-corrected chi connectivity index (χ0v) is 31.9. The van der Waals surface area contributed by atoms with Gasteiger partial charge >= 0.3 is 6.18 Å². The molecule has 1 unspecified atom stereocenters. The number of anilines is 1.